The number of rotatable bonds is 6. The number of anilines is 1. The summed E-state index contributed by atoms with van der Waals surface area (Å²) in [7, 11) is 1.34. The molecule has 1 aliphatic rings. The van der Waals surface area contributed by atoms with Crippen LogP contribution in [0.25, 0.3) is 0 Å². The maximum absolute atomic E-state index is 12.5. The number of amides is 1. The molecule has 0 saturated heterocycles. The maximum Gasteiger partial charge on any atom is 0.337 e. The van der Waals surface area contributed by atoms with Gasteiger partial charge in [-0.3, -0.25) is 9.69 Å². The SMILES string of the molecule is CCCSc1nc(Cl)c2c(n1)N(Cc1ccc(C(=O)OC)cc1)C(=O)C2. The van der Waals surface area contributed by atoms with Crippen LogP contribution in [-0.4, -0.2) is 34.7 Å². The van der Waals surface area contributed by atoms with E-state index < -0.39 is 5.97 Å². The predicted octanol–water partition coefficient (Wildman–Crippen LogP) is 3.51. The summed E-state index contributed by atoms with van der Waals surface area (Å²) in [5.74, 6) is 1.01. The van der Waals surface area contributed by atoms with Gasteiger partial charge in [-0.2, -0.15) is 0 Å². The minimum Gasteiger partial charge on any atom is -0.465 e. The second kappa shape index (κ2) is 8.05. The minimum absolute atomic E-state index is 0.0640. The number of carbonyl (C=O) groups is 2. The molecule has 0 radical (unpaired) electrons. The second-order valence-electron chi connectivity index (χ2n) is 5.79. The number of fused-ring (bicyclic) bond motifs is 1. The molecular formula is C18H18ClN3O3S. The van der Waals surface area contributed by atoms with Crippen molar-refractivity contribution in [2.45, 2.75) is 31.5 Å². The van der Waals surface area contributed by atoms with Crippen LogP contribution < -0.4 is 4.90 Å². The summed E-state index contributed by atoms with van der Waals surface area (Å²) in [6.45, 7) is 2.44. The van der Waals surface area contributed by atoms with Gasteiger partial charge >= 0.3 is 5.97 Å². The molecule has 2 aromatic rings. The third-order valence-corrected chi connectivity index (χ3v) is 5.32. The van der Waals surface area contributed by atoms with E-state index in [1.807, 2.05) is 0 Å². The van der Waals surface area contributed by atoms with E-state index in [0.717, 1.165) is 17.7 Å². The fraction of sp³-hybridized carbons (Fsp3) is 0.333. The molecule has 0 aliphatic carbocycles. The summed E-state index contributed by atoms with van der Waals surface area (Å²) in [5.41, 5.74) is 2.02. The second-order valence-corrected chi connectivity index (χ2v) is 7.21. The number of ether oxygens (including phenoxy) is 1. The molecular weight excluding hydrogens is 374 g/mol. The highest BCUT2D eigenvalue weighted by Crippen LogP contribution is 2.34. The zero-order valence-electron chi connectivity index (χ0n) is 14.5. The third kappa shape index (κ3) is 3.83. The normalized spacial score (nSPS) is 13.0. The fourth-order valence-corrected chi connectivity index (χ4v) is 3.61. The van der Waals surface area contributed by atoms with Gasteiger partial charge in [-0.1, -0.05) is 42.4 Å². The number of nitrogens with zero attached hydrogens (tertiary/aromatic N) is 3. The Bertz CT molecular complexity index is 842. The van der Waals surface area contributed by atoms with Gasteiger partial charge in [0.25, 0.3) is 0 Å². The third-order valence-electron chi connectivity index (χ3n) is 3.95. The van der Waals surface area contributed by atoms with E-state index in [9.17, 15) is 9.59 Å². The number of hydrogen-bond acceptors (Lipinski definition) is 6. The lowest BCUT2D eigenvalue weighted by Gasteiger charge is -2.17. The largest absolute Gasteiger partial charge is 0.465 e. The number of methoxy groups -OCH3 is 1. The summed E-state index contributed by atoms with van der Waals surface area (Å²) in [5, 5.41) is 0.918. The quantitative estimate of drug-likeness (QED) is 0.325. The molecule has 1 amide bonds. The Kier molecular flexibility index (Phi) is 5.78. The Labute approximate surface area is 160 Å². The zero-order chi connectivity index (χ0) is 18.7. The average molecular weight is 392 g/mol. The van der Waals surface area contributed by atoms with E-state index in [1.165, 1.54) is 18.9 Å². The summed E-state index contributed by atoms with van der Waals surface area (Å²) >= 11 is 7.79. The van der Waals surface area contributed by atoms with Crippen LogP contribution in [0.4, 0.5) is 5.82 Å². The van der Waals surface area contributed by atoms with Crippen molar-refractivity contribution in [3.05, 3.63) is 46.1 Å². The van der Waals surface area contributed by atoms with Crippen molar-refractivity contribution in [2.24, 2.45) is 0 Å². The van der Waals surface area contributed by atoms with E-state index in [2.05, 4.69) is 16.9 Å². The van der Waals surface area contributed by atoms with E-state index in [-0.39, 0.29) is 12.3 Å². The molecule has 3 rings (SSSR count). The van der Waals surface area contributed by atoms with Crippen LogP contribution in [0.3, 0.4) is 0 Å². The molecule has 26 heavy (non-hydrogen) atoms. The van der Waals surface area contributed by atoms with Gasteiger partial charge in [0.2, 0.25) is 5.91 Å². The predicted molar refractivity (Wildman–Crippen MR) is 101 cm³/mol. The molecule has 2 heterocycles. The van der Waals surface area contributed by atoms with Crippen LogP contribution in [-0.2, 0) is 22.5 Å². The summed E-state index contributed by atoms with van der Waals surface area (Å²) in [6, 6.07) is 6.95. The zero-order valence-corrected chi connectivity index (χ0v) is 16.1. The number of halogens is 1. The van der Waals surface area contributed by atoms with Crippen molar-refractivity contribution in [2.75, 3.05) is 17.8 Å². The highest BCUT2D eigenvalue weighted by Gasteiger charge is 2.32. The summed E-state index contributed by atoms with van der Waals surface area (Å²) in [4.78, 5) is 34.4. The van der Waals surface area contributed by atoms with Gasteiger partial charge in [0.05, 0.1) is 25.6 Å². The molecule has 0 saturated carbocycles. The number of aromatic nitrogens is 2. The Hall–Kier alpha value is -2.12. The van der Waals surface area contributed by atoms with Gasteiger partial charge in [0, 0.05) is 11.3 Å². The first-order valence-electron chi connectivity index (χ1n) is 8.20. The van der Waals surface area contributed by atoms with Crippen LogP contribution in [0.5, 0.6) is 0 Å². The molecule has 1 aromatic carbocycles. The number of hydrogen-bond donors (Lipinski definition) is 0. The molecule has 0 atom stereocenters. The van der Waals surface area contributed by atoms with Crippen LogP contribution in [0.1, 0.15) is 34.8 Å². The minimum atomic E-state index is -0.392. The monoisotopic (exact) mass is 391 g/mol. The molecule has 0 fully saturated rings. The molecule has 0 unspecified atom stereocenters. The number of carbonyl (C=O) groups excluding carboxylic acids is 2. The van der Waals surface area contributed by atoms with E-state index >= 15 is 0 Å². The Balaban J connectivity index is 1.84. The maximum atomic E-state index is 12.5. The Morgan fingerprint density at radius 2 is 2.04 bits per heavy atom. The van der Waals surface area contributed by atoms with Crippen molar-refractivity contribution < 1.29 is 14.3 Å². The van der Waals surface area contributed by atoms with Gasteiger partial charge in [0.15, 0.2) is 5.16 Å². The van der Waals surface area contributed by atoms with Gasteiger partial charge in [-0.15, -0.1) is 0 Å². The molecule has 0 bridgehead atoms. The molecule has 0 N–H and O–H groups in total. The summed E-state index contributed by atoms with van der Waals surface area (Å²) in [6.07, 6.45) is 1.20. The van der Waals surface area contributed by atoms with Crippen LogP contribution in [0.2, 0.25) is 5.15 Å². The van der Waals surface area contributed by atoms with Crippen molar-refractivity contribution in [1.82, 2.24) is 9.97 Å². The van der Waals surface area contributed by atoms with Crippen molar-refractivity contribution >= 4 is 41.1 Å². The first-order chi connectivity index (χ1) is 12.5. The van der Waals surface area contributed by atoms with E-state index in [0.29, 0.717) is 33.8 Å². The fourth-order valence-electron chi connectivity index (χ4n) is 2.63. The van der Waals surface area contributed by atoms with Gasteiger partial charge in [0.1, 0.15) is 11.0 Å². The van der Waals surface area contributed by atoms with E-state index in [4.69, 9.17) is 16.3 Å². The highest BCUT2D eigenvalue weighted by molar-refractivity contribution is 7.99. The van der Waals surface area contributed by atoms with E-state index in [1.54, 1.807) is 29.2 Å². The van der Waals surface area contributed by atoms with Gasteiger partial charge in [-0.05, 0) is 24.1 Å². The number of thioether (sulfide) groups is 1. The standard InChI is InChI=1S/C18H18ClN3O3S/c1-3-8-26-18-20-15(19)13-9-14(23)22(16(13)21-18)10-11-4-6-12(7-5-11)17(24)25-2/h4-7H,3,8-10H2,1-2H3. The lowest BCUT2D eigenvalue weighted by atomic mass is 10.1. The smallest absolute Gasteiger partial charge is 0.337 e. The van der Waals surface area contributed by atoms with Crippen molar-refractivity contribution in [1.29, 1.82) is 0 Å². The molecule has 1 aliphatic heterocycles. The first-order valence-corrected chi connectivity index (χ1v) is 9.56. The summed E-state index contributed by atoms with van der Waals surface area (Å²) < 4.78 is 4.69. The Morgan fingerprint density at radius 3 is 2.69 bits per heavy atom. The first kappa shape index (κ1) is 18.7. The van der Waals surface area contributed by atoms with Crippen molar-refractivity contribution in [3.8, 4) is 0 Å². The number of esters is 1. The van der Waals surface area contributed by atoms with Gasteiger partial charge in [-0.25, -0.2) is 14.8 Å². The topological polar surface area (TPSA) is 72.4 Å². The highest BCUT2D eigenvalue weighted by atomic mass is 35.5. The molecule has 8 heteroatoms. The number of benzene rings is 1. The Morgan fingerprint density at radius 1 is 1.31 bits per heavy atom. The van der Waals surface area contributed by atoms with Gasteiger partial charge < -0.3 is 4.74 Å². The molecule has 6 nitrogen and oxygen atoms in total. The lowest BCUT2D eigenvalue weighted by molar-refractivity contribution is -0.117. The molecule has 0 spiro atoms. The molecule has 136 valence electrons. The van der Waals surface area contributed by atoms with Crippen LogP contribution in [0.15, 0.2) is 29.4 Å². The van der Waals surface area contributed by atoms with Crippen molar-refractivity contribution in [3.63, 3.8) is 0 Å². The average Bonchev–Trinajstić information content (AvgIpc) is 2.96. The molecule has 1 aromatic heterocycles. The van der Waals surface area contributed by atoms with Crippen LogP contribution in [0, 0.1) is 0 Å². The lowest BCUT2D eigenvalue weighted by Crippen LogP contribution is -2.26. The van der Waals surface area contributed by atoms with Crippen LogP contribution >= 0.6 is 23.4 Å².